The molecule has 104 valence electrons. The number of carbonyl (C=O) groups is 1. The summed E-state index contributed by atoms with van der Waals surface area (Å²) in [5.74, 6) is 0.0904. The van der Waals surface area contributed by atoms with Crippen molar-refractivity contribution in [2.75, 3.05) is 24.3 Å². The van der Waals surface area contributed by atoms with Crippen LogP contribution in [0.25, 0.3) is 0 Å². The topological polar surface area (TPSA) is 73.6 Å². The molecule has 8 heteroatoms. The van der Waals surface area contributed by atoms with Gasteiger partial charge in [0.2, 0.25) is 0 Å². The average Bonchev–Trinajstić information content (AvgIpc) is 2.29. The first kappa shape index (κ1) is 13.3. The molecule has 19 heavy (non-hydrogen) atoms. The summed E-state index contributed by atoms with van der Waals surface area (Å²) in [6.07, 6.45) is -5.37. The number of nitrogen functional groups attached to an aromatic ring is 1. The Morgan fingerprint density at radius 2 is 2.16 bits per heavy atom. The number of hydrogen-bond donors (Lipinski definition) is 2. The van der Waals surface area contributed by atoms with E-state index in [1.165, 1.54) is 12.1 Å². The first-order valence-corrected chi connectivity index (χ1v) is 5.41. The molecule has 0 saturated carbocycles. The lowest BCUT2D eigenvalue weighted by Crippen LogP contribution is -2.25. The van der Waals surface area contributed by atoms with Gasteiger partial charge in [-0.05, 0) is 0 Å². The molecular formula is C11H11F3N2O3. The van der Waals surface area contributed by atoms with E-state index in [2.05, 4.69) is 5.32 Å². The van der Waals surface area contributed by atoms with Gasteiger partial charge >= 0.3 is 6.18 Å². The van der Waals surface area contributed by atoms with E-state index < -0.39 is 19.2 Å². The van der Waals surface area contributed by atoms with Gasteiger partial charge in [0.25, 0.3) is 5.91 Å². The van der Waals surface area contributed by atoms with E-state index in [-0.39, 0.29) is 24.0 Å². The lowest BCUT2D eigenvalue weighted by molar-refractivity contribution is -0.139. The van der Waals surface area contributed by atoms with Gasteiger partial charge < -0.3 is 20.5 Å². The number of anilines is 2. The number of halogens is 3. The zero-order valence-corrected chi connectivity index (χ0v) is 9.71. The van der Waals surface area contributed by atoms with E-state index in [9.17, 15) is 18.0 Å². The largest absolute Gasteiger partial charge is 0.491 e. The first-order chi connectivity index (χ1) is 8.85. The lowest BCUT2D eigenvalue weighted by atomic mass is 10.2. The monoisotopic (exact) mass is 276 g/mol. The molecule has 1 amide bonds. The van der Waals surface area contributed by atoms with Gasteiger partial charge in [0, 0.05) is 12.1 Å². The van der Waals surface area contributed by atoms with Gasteiger partial charge in [-0.2, -0.15) is 13.2 Å². The summed E-state index contributed by atoms with van der Waals surface area (Å²) in [4.78, 5) is 11.1. The van der Waals surface area contributed by atoms with E-state index in [0.717, 1.165) is 0 Å². The number of nitrogens with one attached hydrogen (secondary N) is 1. The van der Waals surface area contributed by atoms with E-state index >= 15 is 0 Å². The Bertz CT molecular complexity index is 503. The number of benzene rings is 1. The molecule has 1 aromatic rings. The molecule has 0 aromatic heterocycles. The minimum absolute atomic E-state index is 0.0776. The van der Waals surface area contributed by atoms with Crippen molar-refractivity contribution in [3.63, 3.8) is 0 Å². The zero-order chi connectivity index (χ0) is 14.0. The van der Waals surface area contributed by atoms with Crippen LogP contribution in [0.5, 0.6) is 11.5 Å². The smallest absolute Gasteiger partial charge is 0.392 e. The highest BCUT2D eigenvalue weighted by molar-refractivity contribution is 5.96. The Morgan fingerprint density at radius 1 is 1.42 bits per heavy atom. The van der Waals surface area contributed by atoms with Crippen LogP contribution in [-0.2, 0) is 4.79 Å². The number of amides is 1. The molecule has 1 aromatic carbocycles. The maximum atomic E-state index is 12.0. The molecule has 1 aliphatic rings. The molecule has 1 heterocycles. The molecule has 2 rings (SSSR count). The van der Waals surface area contributed by atoms with Crippen molar-refractivity contribution >= 4 is 17.3 Å². The molecule has 0 aliphatic carbocycles. The van der Waals surface area contributed by atoms with Crippen molar-refractivity contribution in [1.82, 2.24) is 0 Å². The molecule has 0 radical (unpaired) electrons. The number of nitrogens with two attached hydrogens (primary N) is 1. The predicted molar refractivity (Wildman–Crippen MR) is 61.1 cm³/mol. The molecule has 0 unspecified atom stereocenters. The van der Waals surface area contributed by atoms with E-state index in [0.29, 0.717) is 11.4 Å². The maximum Gasteiger partial charge on any atom is 0.392 e. The van der Waals surface area contributed by atoms with Crippen molar-refractivity contribution < 1.29 is 27.4 Å². The fourth-order valence-electron chi connectivity index (χ4n) is 1.52. The fraction of sp³-hybridized carbons (Fsp3) is 0.364. The maximum absolute atomic E-state index is 12.0. The molecular weight excluding hydrogens is 265 g/mol. The van der Waals surface area contributed by atoms with Gasteiger partial charge in [-0.15, -0.1) is 0 Å². The van der Waals surface area contributed by atoms with Crippen molar-refractivity contribution in [3.05, 3.63) is 12.1 Å². The van der Waals surface area contributed by atoms with Crippen LogP contribution >= 0.6 is 0 Å². The van der Waals surface area contributed by atoms with Gasteiger partial charge in [-0.25, -0.2) is 0 Å². The average molecular weight is 276 g/mol. The Hall–Kier alpha value is -2.12. The second-order valence-electron chi connectivity index (χ2n) is 3.94. The molecule has 1 aliphatic heterocycles. The Balaban J connectivity index is 2.09. The molecule has 0 bridgehead atoms. The highest BCUT2D eigenvalue weighted by Crippen LogP contribution is 2.36. The highest BCUT2D eigenvalue weighted by Gasteiger charge is 2.27. The summed E-state index contributed by atoms with van der Waals surface area (Å²) in [6.45, 7) is -0.665. The van der Waals surface area contributed by atoms with Gasteiger partial charge in [-0.3, -0.25) is 4.79 Å². The first-order valence-electron chi connectivity index (χ1n) is 5.41. The van der Waals surface area contributed by atoms with Crippen LogP contribution in [0.1, 0.15) is 6.42 Å². The summed E-state index contributed by atoms with van der Waals surface area (Å²) < 4.78 is 46.1. The van der Waals surface area contributed by atoms with Crippen LogP contribution in [0.2, 0.25) is 0 Å². The predicted octanol–water partition coefficient (Wildman–Crippen LogP) is 1.93. The third-order valence-electron chi connectivity index (χ3n) is 2.39. The SMILES string of the molecule is Nc1cc2c(cc1OCCC(F)(F)F)NC(=O)CO2. The van der Waals surface area contributed by atoms with Crippen LogP contribution < -0.4 is 20.5 Å². The van der Waals surface area contributed by atoms with E-state index in [4.69, 9.17) is 15.2 Å². The number of carbonyl (C=O) groups excluding carboxylic acids is 1. The lowest BCUT2D eigenvalue weighted by Gasteiger charge is -2.20. The third-order valence-corrected chi connectivity index (χ3v) is 2.39. The Labute approximate surface area is 106 Å². The zero-order valence-electron chi connectivity index (χ0n) is 9.71. The molecule has 5 nitrogen and oxygen atoms in total. The van der Waals surface area contributed by atoms with Gasteiger partial charge in [-0.1, -0.05) is 0 Å². The summed E-state index contributed by atoms with van der Waals surface area (Å²) in [5, 5.41) is 2.51. The number of hydrogen-bond acceptors (Lipinski definition) is 4. The van der Waals surface area contributed by atoms with Crippen molar-refractivity contribution in [2.45, 2.75) is 12.6 Å². The molecule has 0 fully saturated rings. The van der Waals surface area contributed by atoms with E-state index in [1.807, 2.05) is 0 Å². The molecule has 0 atom stereocenters. The Kier molecular flexibility index (Phi) is 3.41. The van der Waals surface area contributed by atoms with Crippen LogP contribution in [0.3, 0.4) is 0 Å². The molecule has 0 saturated heterocycles. The van der Waals surface area contributed by atoms with Crippen molar-refractivity contribution in [1.29, 1.82) is 0 Å². The summed E-state index contributed by atoms with van der Waals surface area (Å²) in [7, 11) is 0. The molecule has 3 N–H and O–H groups in total. The van der Waals surface area contributed by atoms with E-state index in [1.54, 1.807) is 0 Å². The summed E-state index contributed by atoms with van der Waals surface area (Å²) in [6, 6.07) is 2.75. The van der Waals surface area contributed by atoms with Crippen LogP contribution in [0, 0.1) is 0 Å². The van der Waals surface area contributed by atoms with Crippen LogP contribution in [0.15, 0.2) is 12.1 Å². The highest BCUT2D eigenvalue weighted by atomic mass is 19.4. The fourth-order valence-corrected chi connectivity index (χ4v) is 1.52. The second-order valence-corrected chi connectivity index (χ2v) is 3.94. The standard InChI is InChI=1S/C11H11F3N2O3/c12-11(13,14)1-2-18-8-4-7-9(3-6(8)15)19-5-10(17)16-7/h3-4H,1-2,5,15H2,(H,16,17). The van der Waals surface area contributed by atoms with Crippen LogP contribution in [0.4, 0.5) is 24.5 Å². The van der Waals surface area contributed by atoms with Crippen molar-refractivity contribution in [2.24, 2.45) is 0 Å². The number of fused-ring (bicyclic) bond motifs is 1. The van der Waals surface area contributed by atoms with Crippen LogP contribution in [-0.4, -0.2) is 25.3 Å². The third kappa shape index (κ3) is 3.43. The molecule has 0 spiro atoms. The van der Waals surface area contributed by atoms with Gasteiger partial charge in [0.15, 0.2) is 6.61 Å². The number of alkyl halides is 3. The minimum Gasteiger partial charge on any atom is -0.491 e. The minimum atomic E-state index is -4.29. The van der Waals surface area contributed by atoms with Gasteiger partial charge in [0.05, 0.1) is 24.4 Å². The van der Waals surface area contributed by atoms with Gasteiger partial charge in [0.1, 0.15) is 11.5 Å². The number of ether oxygens (including phenoxy) is 2. The van der Waals surface area contributed by atoms with Crippen molar-refractivity contribution in [3.8, 4) is 11.5 Å². The summed E-state index contributed by atoms with van der Waals surface area (Å²) in [5.41, 5.74) is 6.11. The Morgan fingerprint density at radius 3 is 2.84 bits per heavy atom. The quantitative estimate of drug-likeness (QED) is 0.827. The number of rotatable bonds is 3. The summed E-state index contributed by atoms with van der Waals surface area (Å²) >= 11 is 0. The normalized spacial score (nSPS) is 14.4. The second kappa shape index (κ2) is 4.87.